The lowest BCUT2D eigenvalue weighted by atomic mass is 10.1. The summed E-state index contributed by atoms with van der Waals surface area (Å²) in [7, 11) is -3.49. The highest BCUT2D eigenvalue weighted by atomic mass is 35.5. The molecule has 0 saturated carbocycles. The number of hydrogen-bond donors (Lipinski definition) is 1. The third-order valence-corrected chi connectivity index (χ3v) is 5.97. The van der Waals surface area contributed by atoms with Gasteiger partial charge in [-0.3, -0.25) is 4.79 Å². The summed E-state index contributed by atoms with van der Waals surface area (Å²) in [6, 6.07) is 19.6. The summed E-state index contributed by atoms with van der Waals surface area (Å²) < 4.78 is 30.2. The molecule has 0 fully saturated rings. The molecule has 0 aliphatic carbocycles. The van der Waals surface area contributed by atoms with E-state index in [-0.39, 0.29) is 28.9 Å². The van der Waals surface area contributed by atoms with Crippen LogP contribution in [0.3, 0.4) is 0 Å². The molecule has 0 unspecified atom stereocenters. The number of sulfone groups is 1. The maximum atomic E-state index is 12.4. The maximum absolute atomic E-state index is 12.4. The van der Waals surface area contributed by atoms with Crippen molar-refractivity contribution in [2.75, 3.05) is 6.54 Å². The Kier molecular flexibility index (Phi) is 6.54. The van der Waals surface area contributed by atoms with Crippen molar-refractivity contribution in [3.8, 4) is 0 Å². The SMILES string of the molecule is O=C(NCCc1ccccc1)c1ccc(CS(=O)(=O)Cc2ccccc2Cl)o1. The number of rotatable bonds is 8. The number of hydrogen-bond acceptors (Lipinski definition) is 4. The number of nitrogens with one attached hydrogen (secondary N) is 1. The van der Waals surface area contributed by atoms with Crippen LogP contribution >= 0.6 is 11.6 Å². The van der Waals surface area contributed by atoms with Gasteiger partial charge in [-0.2, -0.15) is 0 Å². The molecule has 2 aromatic carbocycles. The fourth-order valence-electron chi connectivity index (χ4n) is 2.75. The highest BCUT2D eigenvalue weighted by molar-refractivity contribution is 7.89. The van der Waals surface area contributed by atoms with Gasteiger partial charge in [-0.05, 0) is 35.7 Å². The van der Waals surface area contributed by atoms with Crippen LogP contribution in [0.15, 0.2) is 71.1 Å². The predicted molar refractivity (Wildman–Crippen MR) is 109 cm³/mol. The van der Waals surface area contributed by atoms with Crippen molar-refractivity contribution >= 4 is 27.3 Å². The summed E-state index contributed by atoms with van der Waals surface area (Å²) in [6.07, 6.45) is 0.701. The zero-order valence-corrected chi connectivity index (χ0v) is 16.7. The van der Waals surface area contributed by atoms with Gasteiger partial charge in [-0.1, -0.05) is 60.1 Å². The molecule has 0 radical (unpaired) electrons. The molecular weight excluding hydrogens is 398 g/mol. The molecule has 0 atom stereocenters. The van der Waals surface area contributed by atoms with E-state index >= 15 is 0 Å². The summed E-state index contributed by atoms with van der Waals surface area (Å²) in [5, 5.41) is 3.18. The highest BCUT2D eigenvalue weighted by Crippen LogP contribution is 2.20. The number of carbonyl (C=O) groups is 1. The Morgan fingerprint density at radius 1 is 0.929 bits per heavy atom. The Balaban J connectivity index is 1.55. The van der Waals surface area contributed by atoms with E-state index in [0.29, 0.717) is 23.6 Å². The van der Waals surface area contributed by atoms with Gasteiger partial charge in [0.15, 0.2) is 15.6 Å². The number of amides is 1. The van der Waals surface area contributed by atoms with E-state index < -0.39 is 9.84 Å². The Labute approximate surface area is 169 Å². The third kappa shape index (κ3) is 5.71. The van der Waals surface area contributed by atoms with Gasteiger partial charge in [0.2, 0.25) is 0 Å². The lowest BCUT2D eigenvalue weighted by Crippen LogP contribution is -2.25. The van der Waals surface area contributed by atoms with Crippen molar-refractivity contribution in [3.63, 3.8) is 0 Å². The summed E-state index contributed by atoms with van der Waals surface area (Å²) in [6.45, 7) is 0.462. The first kappa shape index (κ1) is 20.2. The molecule has 0 saturated heterocycles. The minimum absolute atomic E-state index is 0.0935. The number of furan rings is 1. The Hall–Kier alpha value is -2.57. The van der Waals surface area contributed by atoms with Gasteiger partial charge in [0.25, 0.3) is 5.91 Å². The van der Waals surface area contributed by atoms with Gasteiger partial charge >= 0.3 is 0 Å². The van der Waals surface area contributed by atoms with Crippen molar-refractivity contribution < 1.29 is 17.6 Å². The first-order chi connectivity index (χ1) is 13.4. The average Bonchev–Trinajstić information content (AvgIpc) is 3.12. The summed E-state index contributed by atoms with van der Waals surface area (Å²) in [5.74, 6) is -0.538. The Morgan fingerprint density at radius 2 is 1.64 bits per heavy atom. The Bertz CT molecular complexity index is 1050. The molecule has 1 amide bonds. The van der Waals surface area contributed by atoms with Crippen LogP contribution in [0.5, 0.6) is 0 Å². The van der Waals surface area contributed by atoms with E-state index in [4.69, 9.17) is 16.0 Å². The second kappa shape index (κ2) is 9.08. The van der Waals surface area contributed by atoms with Crippen molar-refractivity contribution in [2.24, 2.45) is 0 Å². The summed E-state index contributed by atoms with van der Waals surface area (Å²) in [5.41, 5.74) is 1.66. The van der Waals surface area contributed by atoms with Crippen molar-refractivity contribution in [1.29, 1.82) is 0 Å². The molecule has 1 heterocycles. The van der Waals surface area contributed by atoms with E-state index in [9.17, 15) is 13.2 Å². The van der Waals surface area contributed by atoms with E-state index in [1.54, 1.807) is 24.3 Å². The van der Waals surface area contributed by atoms with Crippen molar-refractivity contribution in [2.45, 2.75) is 17.9 Å². The van der Waals surface area contributed by atoms with Gasteiger partial charge in [-0.25, -0.2) is 8.42 Å². The van der Waals surface area contributed by atoms with Crippen LogP contribution in [-0.2, 0) is 27.8 Å². The first-order valence-corrected chi connectivity index (χ1v) is 11.0. The molecule has 0 aliphatic rings. The van der Waals surface area contributed by atoms with E-state index in [2.05, 4.69) is 5.32 Å². The van der Waals surface area contributed by atoms with E-state index in [0.717, 1.165) is 5.56 Å². The molecule has 0 aliphatic heterocycles. The molecule has 3 rings (SSSR count). The monoisotopic (exact) mass is 417 g/mol. The second-order valence-electron chi connectivity index (χ2n) is 6.38. The largest absolute Gasteiger partial charge is 0.455 e. The fraction of sp³-hybridized carbons (Fsp3) is 0.190. The standard InChI is InChI=1S/C21H20ClNO4S/c22-19-9-5-4-8-17(19)14-28(25,26)15-18-10-11-20(27-18)21(24)23-13-12-16-6-2-1-3-7-16/h1-11H,12-15H2,(H,23,24). The van der Waals surface area contributed by atoms with Crippen molar-refractivity contribution in [1.82, 2.24) is 5.32 Å². The van der Waals surface area contributed by atoms with Crippen LogP contribution in [-0.4, -0.2) is 20.9 Å². The van der Waals surface area contributed by atoms with Crippen LogP contribution < -0.4 is 5.32 Å². The number of carbonyl (C=O) groups excluding carboxylic acids is 1. The molecule has 28 heavy (non-hydrogen) atoms. The van der Waals surface area contributed by atoms with E-state index in [1.165, 1.54) is 12.1 Å². The minimum Gasteiger partial charge on any atom is -0.455 e. The third-order valence-electron chi connectivity index (χ3n) is 4.12. The molecule has 1 aromatic heterocycles. The molecule has 0 bridgehead atoms. The van der Waals surface area contributed by atoms with Gasteiger partial charge in [0.05, 0.1) is 5.75 Å². The van der Waals surface area contributed by atoms with Crippen LogP contribution in [0, 0.1) is 0 Å². The fourth-order valence-corrected chi connectivity index (χ4v) is 4.45. The summed E-state index contributed by atoms with van der Waals surface area (Å²) in [4.78, 5) is 12.2. The first-order valence-electron chi connectivity index (χ1n) is 8.77. The van der Waals surface area contributed by atoms with Gasteiger partial charge in [0, 0.05) is 11.6 Å². The molecular formula is C21H20ClNO4S. The molecule has 3 aromatic rings. The highest BCUT2D eigenvalue weighted by Gasteiger charge is 2.19. The lowest BCUT2D eigenvalue weighted by Gasteiger charge is -2.05. The zero-order valence-electron chi connectivity index (χ0n) is 15.1. The number of halogens is 1. The zero-order chi connectivity index (χ0) is 20.0. The average molecular weight is 418 g/mol. The van der Waals surface area contributed by atoms with E-state index in [1.807, 2.05) is 30.3 Å². The topological polar surface area (TPSA) is 76.4 Å². The van der Waals surface area contributed by atoms with Crippen LogP contribution in [0.4, 0.5) is 0 Å². The Morgan fingerprint density at radius 3 is 2.39 bits per heavy atom. The molecule has 0 spiro atoms. The molecule has 7 heteroatoms. The molecule has 146 valence electrons. The summed E-state index contributed by atoms with van der Waals surface area (Å²) >= 11 is 6.03. The smallest absolute Gasteiger partial charge is 0.287 e. The van der Waals surface area contributed by atoms with Gasteiger partial charge in [0.1, 0.15) is 11.5 Å². The minimum atomic E-state index is -3.49. The lowest BCUT2D eigenvalue weighted by molar-refractivity contribution is 0.0925. The maximum Gasteiger partial charge on any atom is 0.287 e. The second-order valence-corrected chi connectivity index (χ2v) is 8.85. The number of benzene rings is 2. The predicted octanol–water partition coefficient (Wildman–Crippen LogP) is 4.02. The quantitative estimate of drug-likeness (QED) is 0.600. The van der Waals surface area contributed by atoms with Crippen LogP contribution in [0.25, 0.3) is 0 Å². The normalized spacial score (nSPS) is 11.3. The van der Waals surface area contributed by atoms with Crippen molar-refractivity contribution in [3.05, 3.63) is 94.4 Å². The van der Waals surface area contributed by atoms with Crippen LogP contribution in [0.1, 0.15) is 27.4 Å². The van der Waals surface area contributed by atoms with Crippen LogP contribution in [0.2, 0.25) is 5.02 Å². The van der Waals surface area contributed by atoms with Gasteiger partial charge in [-0.15, -0.1) is 0 Å². The molecule has 1 N–H and O–H groups in total. The van der Waals surface area contributed by atoms with Gasteiger partial charge < -0.3 is 9.73 Å². The molecule has 5 nitrogen and oxygen atoms in total.